The Bertz CT molecular complexity index is 425. The van der Waals surface area contributed by atoms with E-state index in [1.54, 1.807) is 6.20 Å². The van der Waals surface area contributed by atoms with Crippen molar-refractivity contribution >= 4 is 22.9 Å². The standard InChI is InChI=1S/C14H21N3S/c1-2-14(6-3-4-7-14)10-17-12-9-16-8-5-11(12)13(15)18/h5,8-9,17H,2-4,6-7,10H2,1H3,(H2,15,18). The quantitative estimate of drug-likeness (QED) is 0.802. The van der Waals surface area contributed by atoms with E-state index in [-0.39, 0.29) is 0 Å². The average Bonchev–Trinajstić information content (AvgIpc) is 2.86. The monoisotopic (exact) mass is 263 g/mol. The summed E-state index contributed by atoms with van der Waals surface area (Å²) < 4.78 is 0. The highest BCUT2D eigenvalue weighted by molar-refractivity contribution is 7.80. The Morgan fingerprint density at radius 2 is 2.22 bits per heavy atom. The van der Waals surface area contributed by atoms with E-state index in [2.05, 4.69) is 17.2 Å². The van der Waals surface area contributed by atoms with Gasteiger partial charge in [0, 0.05) is 18.3 Å². The number of nitrogens with one attached hydrogen (secondary N) is 1. The first-order chi connectivity index (χ1) is 8.67. The molecule has 0 atom stereocenters. The molecule has 18 heavy (non-hydrogen) atoms. The van der Waals surface area contributed by atoms with Crippen LogP contribution < -0.4 is 11.1 Å². The molecule has 1 fully saturated rings. The minimum Gasteiger partial charge on any atom is -0.389 e. The van der Waals surface area contributed by atoms with Crippen molar-refractivity contribution in [2.45, 2.75) is 39.0 Å². The predicted octanol–water partition coefficient (Wildman–Crippen LogP) is 3.10. The molecule has 4 heteroatoms. The van der Waals surface area contributed by atoms with Crippen molar-refractivity contribution in [1.29, 1.82) is 0 Å². The summed E-state index contributed by atoms with van der Waals surface area (Å²) in [7, 11) is 0. The van der Waals surface area contributed by atoms with E-state index in [9.17, 15) is 0 Å². The number of nitrogens with two attached hydrogens (primary N) is 1. The molecule has 0 aliphatic heterocycles. The van der Waals surface area contributed by atoms with Crippen molar-refractivity contribution in [3.63, 3.8) is 0 Å². The van der Waals surface area contributed by atoms with E-state index >= 15 is 0 Å². The zero-order valence-corrected chi connectivity index (χ0v) is 11.7. The summed E-state index contributed by atoms with van der Waals surface area (Å²) in [6.07, 6.45) is 10.1. The molecule has 1 aromatic rings. The maximum atomic E-state index is 5.73. The van der Waals surface area contributed by atoms with Crippen molar-refractivity contribution in [3.05, 3.63) is 24.0 Å². The van der Waals surface area contributed by atoms with Gasteiger partial charge in [-0.25, -0.2) is 0 Å². The second-order valence-electron chi connectivity index (χ2n) is 5.20. The van der Waals surface area contributed by atoms with Crippen LogP contribution in [0.5, 0.6) is 0 Å². The second-order valence-corrected chi connectivity index (χ2v) is 5.64. The smallest absolute Gasteiger partial charge is 0.106 e. The topological polar surface area (TPSA) is 50.9 Å². The minimum atomic E-state index is 0.428. The third-order valence-corrected chi connectivity index (χ3v) is 4.37. The molecule has 1 saturated carbocycles. The number of hydrogen-bond acceptors (Lipinski definition) is 3. The zero-order valence-electron chi connectivity index (χ0n) is 10.9. The third kappa shape index (κ3) is 2.80. The molecule has 1 heterocycles. The van der Waals surface area contributed by atoms with Crippen molar-refractivity contribution in [2.75, 3.05) is 11.9 Å². The SMILES string of the molecule is CCC1(CNc2cnccc2C(N)=S)CCCC1. The minimum absolute atomic E-state index is 0.428. The molecule has 0 bridgehead atoms. The molecule has 2 rings (SSSR count). The Labute approximate surface area is 114 Å². The third-order valence-electron chi connectivity index (χ3n) is 4.15. The molecular formula is C14H21N3S. The molecule has 0 aromatic carbocycles. The van der Waals surface area contributed by atoms with Gasteiger partial charge in [-0.15, -0.1) is 0 Å². The van der Waals surface area contributed by atoms with Crippen LogP contribution in [0.25, 0.3) is 0 Å². The number of hydrogen-bond donors (Lipinski definition) is 2. The molecule has 3 N–H and O–H groups in total. The van der Waals surface area contributed by atoms with Gasteiger partial charge < -0.3 is 11.1 Å². The fraction of sp³-hybridized carbons (Fsp3) is 0.571. The summed E-state index contributed by atoms with van der Waals surface area (Å²) in [6.45, 7) is 3.27. The molecule has 98 valence electrons. The Morgan fingerprint density at radius 1 is 1.50 bits per heavy atom. The van der Waals surface area contributed by atoms with Gasteiger partial charge in [0.25, 0.3) is 0 Å². The molecule has 1 aliphatic rings. The highest BCUT2D eigenvalue weighted by Crippen LogP contribution is 2.41. The van der Waals surface area contributed by atoms with Crippen LogP contribution >= 0.6 is 12.2 Å². The van der Waals surface area contributed by atoms with Gasteiger partial charge in [0.05, 0.1) is 11.9 Å². The fourth-order valence-electron chi connectivity index (χ4n) is 2.81. The van der Waals surface area contributed by atoms with Gasteiger partial charge in [0.1, 0.15) is 4.99 Å². The summed E-state index contributed by atoms with van der Waals surface area (Å²) in [5.74, 6) is 0. The highest BCUT2D eigenvalue weighted by atomic mass is 32.1. The molecule has 0 saturated heterocycles. The van der Waals surface area contributed by atoms with Gasteiger partial charge >= 0.3 is 0 Å². The largest absolute Gasteiger partial charge is 0.389 e. The van der Waals surface area contributed by atoms with E-state index in [1.165, 1.54) is 32.1 Å². The van der Waals surface area contributed by atoms with Crippen LogP contribution in [0.2, 0.25) is 0 Å². The fourth-order valence-corrected chi connectivity index (χ4v) is 2.99. The van der Waals surface area contributed by atoms with Gasteiger partial charge in [-0.05, 0) is 30.7 Å². The Kier molecular flexibility index (Phi) is 4.17. The lowest BCUT2D eigenvalue weighted by Gasteiger charge is -2.28. The Hall–Kier alpha value is -1.16. The van der Waals surface area contributed by atoms with Crippen molar-refractivity contribution in [1.82, 2.24) is 4.98 Å². The van der Waals surface area contributed by atoms with E-state index in [4.69, 9.17) is 18.0 Å². The van der Waals surface area contributed by atoms with Gasteiger partial charge in [0.2, 0.25) is 0 Å². The predicted molar refractivity (Wildman–Crippen MR) is 79.8 cm³/mol. The number of aromatic nitrogens is 1. The first kappa shape index (κ1) is 13.3. The lowest BCUT2D eigenvalue weighted by atomic mass is 9.83. The van der Waals surface area contributed by atoms with Crippen LogP contribution in [0.1, 0.15) is 44.6 Å². The van der Waals surface area contributed by atoms with Crippen molar-refractivity contribution in [2.24, 2.45) is 11.1 Å². The van der Waals surface area contributed by atoms with Crippen LogP contribution in [-0.2, 0) is 0 Å². The average molecular weight is 263 g/mol. The number of anilines is 1. The molecular weight excluding hydrogens is 242 g/mol. The van der Waals surface area contributed by atoms with E-state index in [0.717, 1.165) is 17.8 Å². The van der Waals surface area contributed by atoms with E-state index in [0.29, 0.717) is 10.4 Å². The first-order valence-electron chi connectivity index (χ1n) is 6.64. The zero-order chi connectivity index (χ0) is 13.0. The Balaban J connectivity index is 2.08. The summed E-state index contributed by atoms with van der Waals surface area (Å²) in [5, 5.41) is 3.50. The van der Waals surface area contributed by atoms with Crippen LogP contribution in [0.15, 0.2) is 18.5 Å². The Morgan fingerprint density at radius 3 is 2.83 bits per heavy atom. The van der Waals surface area contributed by atoms with Crippen LogP contribution in [-0.4, -0.2) is 16.5 Å². The van der Waals surface area contributed by atoms with E-state index in [1.807, 2.05) is 12.3 Å². The van der Waals surface area contributed by atoms with Crippen LogP contribution in [0.3, 0.4) is 0 Å². The summed E-state index contributed by atoms with van der Waals surface area (Å²) in [5.41, 5.74) is 8.03. The maximum Gasteiger partial charge on any atom is 0.106 e. The number of pyridine rings is 1. The van der Waals surface area contributed by atoms with Gasteiger partial charge in [-0.2, -0.15) is 0 Å². The number of thiocarbonyl (C=S) groups is 1. The summed E-state index contributed by atoms with van der Waals surface area (Å²) >= 11 is 5.06. The molecule has 3 nitrogen and oxygen atoms in total. The normalized spacial score (nSPS) is 17.6. The molecule has 0 amide bonds. The molecule has 0 unspecified atom stereocenters. The molecule has 0 spiro atoms. The van der Waals surface area contributed by atoms with Gasteiger partial charge in [-0.1, -0.05) is 32.0 Å². The first-order valence-corrected chi connectivity index (χ1v) is 7.05. The van der Waals surface area contributed by atoms with Crippen molar-refractivity contribution < 1.29 is 0 Å². The second kappa shape index (κ2) is 5.65. The van der Waals surface area contributed by atoms with Crippen molar-refractivity contribution in [3.8, 4) is 0 Å². The van der Waals surface area contributed by atoms with Gasteiger partial charge in [0.15, 0.2) is 0 Å². The summed E-state index contributed by atoms with van der Waals surface area (Å²) in [4.78, 5) is 4.57. The van der Waals surface area contributed by atoms with E-state index < -0.39 is 0 Å². The number of nitrogens with zero attached hydrogens (tertiary/aromatic N) is 1. The van der Waals surface area contributed by atoms with Crippen LogP contribution in [0, 0.1) is 5.41 Å². The molecule has 0 radical (unpaired) electrons. The summed E-state index contributed by atoms with van der Waals surface area (Å²) in [6, 6.07) is 1.87. The van der Waals surface area contributed by atoms with Crippen LogP contribution in [0.4, 0.5) is 5.69 Å². The molecule has 1 aromatic heterocycles. The lowest BCUT2D eigenvalue weighted by Crippen LogP contribution is -2.27. The highest BCUT2D eigenvalue weighted by Gasteiger charge is 2.31. The maximum absolute atomic E-state index is 5.73. The lowest BCUT2D eigenvalue weighted by molar-refractivity contribution is 0.307. The van der Waals surface area contributed by atoms with Gasteiger partial charge in [-0.3, -0.25) is 4.98 Å². The number of rotatable bonds is 5. The molecule has 1 aliphatic carbocycles.